The Kier molecular flexibility index (Phi) is 7.09. The van der Waals surface area contributed by atoms with Crippen LogP contribution in [0.3, 0.4) is 0 Å². The summed E-state index contributed by atoms with van der Waals surface area (Å²) in [7, 11) is 0. The van der Waals surface area contributed by atoms with E-state index in [0.29, 0.717) is 19.6 Å². The highest BCUT2D eigenvalue weighted by Crippen LogP contribution is 2.26. The van der Waals surface area contributed by atoms with Gasteiger partial charge in [-0.05, 0) is 62.0 Å². The number of hydrogen-bond donors (Lipinski definition) is 1. The number of carbonyl (C=O) groups is 1. The molecule has 1 aliphatic rings. The molecule has 1 saturated heterocycles. The quantitative estimate of drug-likeness (QED) is 0.761. The summed E-state index contributed by atoms with van der Waals surface area (Å²) >= 11 is 1.63. The van der Waals surface area contributed by atoms with Gasteiger partial charge in [0.1, 0.15) is 5.75 Å². The molecule has 1 unspecified atom stereocenters. The monoisotopic (exact) mass is 372 g/mol. The fourth-order valence-corrected chi connectivity index (χ4v) is 4.19. The van der Waals surface area contributed by atoms with Crippen LogP contribution in [-0.2, 0) is 11.2 Å². The first-order valence-electron chi connectivity index (χ1n) is 9.52. The number of nitrogens with zero attached hydrogens (tertiary/aromatic N) is 1. The smallest absolute Gasteiger partial charge is 0.225 e. The van der Waals surface area contributed by atoms with E-state index in [0.717, 1.165) is 23.7 Å². The molecular formula is C21H28N2O2S. The molecule has 0 spiro atoms. The van der Waals surface area contributed by atoms with E-state index in [1.165, 1.54) is 24.8 Å². The first-order valence-corrected chi connectivity index (χ1v) is 10.4. The van der Waals surface area contributed by atoms with Gasteiger partial charge in [-0.25, -0.2) is 0 Å². The fourth-order valence-electron chi connectivity index (χ4n) is 3.49. The molecule has 1 aromatic carbocycles. The van der Waals surface area contributed by atoms with Crippen LogP contribution in [0.25, 0.3) is 0 Å². The molecule has 1 aliphatic heterocycles. The standard InChI is InChI=1S/C21H28N2O2S/c1-2-25-18-10-8-17(9-11-18)20(23-12-4-3-5-13-23)16-22-21(24)15-19-7-6-14-26-19/h6-11,14,20H,2-5,12-13,15-16H2,1H3,(H,22,24). The fraction of sp³-hybridized carbons (Fsp3) is 0.476. The third-order valence-corrected chi connectivity index (χ3v) is 5.69. The van der Waals surface area contributed by atoms with Gasteiger partial charge in [0, 0.05) is 11.4 Å². The lowest BCUT2D eigenvalue weighted by Gasteiger charge is -2.35. The zero-order valence-corrected chi connectivity index (χ0v) is 16.3. The van der Waals surface area contributed by atoms with Gasteiger partial charge >= 0.3 is 0 Å². The summed E-state index contributed by atoms with van der Waals surface area (Å²) in [5, 5.41) is 5.16. The Bertz CT molecular complexity index is 664. The van der Waals surface area contributed by atoms with E-state index in [2.05, 4.69) is 22.3 Å². The van der Waals surface area contributed by atoms with Crippen LogP contribution in [-0.4, -0.2) is 37.0 Å². The van der Waals surface area contributed by atoms with Crippen molar-refractivity contribution in [3.8, 4) is 5.75 Å². The van der Waals surface area contributed by atoms with Crippen LogP contribution in [0.15, 0.2) is 41.8 Å². The van der Waals surface area contributed by atoms with E-state index in [-0.39, 0.29) is 11.9 Å². The number of benzene rings is 1. The van der Waals surface area contributed by atoms with Gasteiger partial charge in [0.15, 0.2) is 0 Å². The molecular weight excluding hydrogens is 344 g/mol. The molecule has 1 aromatic heterocycles. The van der Waals surface area contributed by atoms with E-state index >= 15 is 0 Å². The second kappa shape index (κ2) is 9.74. The molecule has 2 heterocycles. The van der Waals surface area contributed by atoms with Crippen LogP contribution in [0.4, 0.5) is 0 Å². The number of nitrogens with one attached hydrogen (secondary N) is 1. The lowest BCUT2D eigenvalue weighted by Crippen LogP contribution is -2.41. The molecule has 1 fully saturated rings. The van der Waals surface area contributed by atoms with E-state index < -0.39 is 0 Å². The molecule has 0 radical (unpaired) electrons. The number of thiophene rings is 1. The van der Waals surface area contributed by atoms with Crippen molar-refractivity contribution in [1.29, 1.82) is 0 Å². The number of rotatable bonds is 8. The highest BCUT2D eigenvalue weighted by atomic mass is 32.1. The Morgan fingerprint density at radius 2 is 1.96 bits per heavy atom. The SMILES string of the molecule is CCOc1ccc(C(CNC(=O)Cc2cccs2)N2CCCCC2)cc1. The van der Waals surface area contributed by atoms with Crippen LogP contribution in [0.2, 0.25) is 0 Å². The maximum atomic E-state index is 12.3. The van der Waals surface area contributed by atoms with Gasteiger partial charge in [-0.1, -0.05) is 24.6 Å². The third-order valence-electron chi connectivity index (χ3n) is 4.81. The number of hydrogen-bond acceptors (Lipinski definition) is 4. The highest BCUT2D eigenvalue weighted by Gasteiger charge is 2.23. The number of amides is 1. The maximum absolute atomic E-state index is 12.3. The molecule has 1 amide bonds. The zero-order chi connectivity index (χ0) is 18.2. The molecule has 1 atom stereocenters. The van der Waals surface area contributed by atoms with Gasteiger partial charge in [-0.3, -0.25) is 9.69 Å². The lowest BCUT2D eigenvalue weighted by molar-refractivity contribution is -0.120. The molecule has 26 heavy (non-hydrogen) atoms. The minimum Gasteiger partial charge on any atom is -0.494 e. The molecule has 4 nitrogen and oxygen atoms in total. The highest BCUT2D eigenvalue weighted by molar-refractivity contribution is 7.10. The number of piperidine rings is 1. The molecule has 0 aliphatic carbocycles. The molecule has 0 bridgehead atoms. The van der Waals surface area contributed by atoms with Crippen LogP contribution >= 0.6 is 11.3 Å². The predicted octanol–water partition coefficient (Wildman–Crippen LogP) is 4.03. The van der Waals surface area contributed by atoms with Crippen molar-refractivity contribution in [2.45, 2.75) is 38.6 Å². The molecule has 3 rings (SSSR count). The Labute approximate surface area is 160 Å². The Morgan fingerprint density at radius 1 is 1.19 bits per heavy atom. The Balaban J connectivity index is 1.65. The van der Waals surface area contributed by atoms with Gasteiger partial charge in [0.05, 0.1) is 19.1 Å². The zero-order valence-electron chi connectivity index (χ0n) is 15.4. The first-order chi connectivity index (χ1) is 12.8. The minimum atomic E-state index is 0.0976. The minimum absolute atomic E-state index is 0.0976. The Hall–Kier alpha value is -1.85. The molecule has 2 aromatic rings. The van der Waals surface area contributed by atoms with Gasteiger partial charge in [-0.15, -0.1) is 11.3 Å². The normalized spacial score (nSPS) is 16.2. The third kappa shape index (κ3) is 5.32. The van der Waals surface area contributed by atoms with Crippen LogP contribution in [0.5, 0.6) is 5.75 Å². The van der Waals surface area contributed by atoms with Crippen LogP contribution in [0, 0.1) is 0 Å². The summed E-state index contributed by atoms with van der Waals surface area (Å²) in [4.78, 5) is 15.9. The van der Waals surface area contributed by atoms with Gasteiger partial charge in [-0.2, -0.15) is 0 Å². The number of likely N-dealkylation sites (tertiary alicyclic amines) is 1. The van der Waals surface area contributed by atoms with Crippen molar-refractivity contribution in [2.75, 3.05) is 26.2 Å². The summed E-state index contributed by atoms with van der Waals surface area (Å²) in [6, 6.07) is 12.6. The van der Waals surface area contributed by atoms with Crippen molar-refractivity contribution in [2.24, 2.45) is 0 Å². The van der Waals surface area contributed by atoms with Crippen molar-refractivity contribution in [3.63, 3.8) is 0 Å². The molecule has 5 heteroatoms. The topological polar surface area (TPSA) is 41.6 Å². The van der Waals surface area contributed by atoms with Gasteiger partial charge in [0.2, 0.25) is 5.91 Å². The maximum Gasteiger partial charge on any atom is 0.225 e. The van der Waals surface area contributed by atoms with E-state index in [4.69, 9.17) is 4.74 Å². The average Bonchev–Trinajstić information content (AvgIpc) is 3.17. The summed E-state index contributed by atoms with van der Waals surface area (Å²) in [6.45, 7) is 5.51. The first kappa shape index (κ1) is 18.9. The van der Waals surface area contributed by atoms with Crippen molar-refractivity contribution < 1.29 is 9.53 Å². The summed E-state index contributed by atoms with van der Waals surface area (Å²) < 4.78 is 5.56. The summed E-state index contributed by atoms with van der Waals surface area (Å²) in [5.74, 6) is 0.996. The van der Waals surface area contributed by atoms with Crippen LogP contribution < -0.4 is 10.1 Å². The largest absolute Gasteiger partial charge is 0.494 e. The van der Waals surface area contributed by atoms with E-state index in [1.807, 2.05) is 36.6 Å². The van der Waals surface area contributed by atoms with E-state index in [1.54, 1.807) is 11.3 Å². The predicted molar refractivity (Wildman–Crippen MR) is 107 cm³/mol. The lowest BCUT2D eigenvalue weighted by atomic mass is 10.0. The number of carbonyl (C=O) groups excluding carboxylic acids is 1. The average molecular weight is 373 g/mol. The Morgan fingerprint density at radius 3 is 2.62 bits per heavy atom. The molecule has 0 saturated carbocycles. The van der Waals surface area contributed by atoms with E-state index in [9.17, 15) is 4.79 Å². The second-order valence-electron chi connectivity index (χ2n) is 6.67. The van der Waals surface area contributed by atoms with Crippen LogP contribution in [0.1, 0.15) is 42.7 Å². The second-order valence-corrected chi connectivity index (χ2v) is 7.71. The van der Waals surface area contributed by atoms with Crippen molar-refractivity contribution in [1.82, 2.24) is 10.2 Å². The number of ether oxygens (including phenoxy) is 1. The molecule has 140 valence electrons. The summed E-state index contributed by atoms with van der Waals surface area (Å²) in [5.41, 5.74) is 1.24. The van der Waals surface area contributed by atoms with Crippen molar-refractivity contribution >= 4 is 17.2 Å². The van der Waals surface area contributed by atoms with Gasteiger partial charge in [0.25, 0.3) is 0 Å². The van der Waals surface area contributed by atoms with Gasteiger partial charge < -0.3 is 10.1 Å². The van der Waals surface area contributed by atoms with Crippen molar-refractivity contribution in [3.05, 3.63) is 52.2 Å². The molecule has 1 N–H and O–H groups in total. The summed E-state index contributed by atoms with van der Waals surface area (Å²) in [6.07, 6.45) is 4.23.